The number of hydrogen-bond donors (Lipinski definition) is 1. The topological polar surface area (TPSA) is 50.7 Å². The van der Waals surface area contributed by atoms with Crippen LogP contribution in [0.5, 0.6) is 0 Å². The Morgan fingerprint density at radius 2 is 2.12 bits per heavy atom. The first-order chi connectivity index (χ1) is 8.17. The van der Waals surface area contributed by atoms with Crippen molar-refractivity contribution in [2.45, 2.75) is 43.0 Å². The zero-order chi connectivity index (χ0) is 12.3. The van der Waals surface area contributed by atoms with Crippen LogP contribution in [0.25, 0.3) is 0 Å². The molecule has 0 aromatic carbocycles. The molecule has 0 saturated heterocycles. The molecule has 1 aromatic rings. The fourth-order valence-electron chi connectivity index (χ4n) is 2.13. The van der Waals surface area contributed by atoms with E-state index in [0.717, 1.165) is 11.1 Å². The number of anilines is 1. The van der Waals surface area contributed by atoms with Gasteiger partial charge in [0.1, 0.15) is 0 Å². The van der Waals surface area contributed by atoms with E-state index in [1.807, 2.05) is 0 Å². The summed E-state index contributed by atoms with van der Waals surface area (Å²) in [6.45, 7) is 2.31. The smallest absolute Gasteiger partial charge is 0.228 e. The number of nitrogens with zero attached hydrogens (tertiary/aromatic N) is 3. The predicted molar refractivity (Wildman–Crippen MR) is 71.7 cm³/mol. The van der Waals surface area contributed by atoms with E-state index in [0.29, 0.717) is 11.2 Å². The van der Waals surface area contributed by atoms with Gasteiger partial charge in [-0.2, -0.15) is 15.0 Å². The van der Waals surface area contributed by atoms with Crippen LogP contribution >= 0.6 is 23.4 Å². The molecule has 1 aliphatic rings. The summed E-state index contributed by atoms with van der Waals surface area (Å²) in [6.07, 6.45) is 5.13. The summed E-state index contributed by atoms with van der Waals surface area (Å²) in [5.41, 5.74) is 0. The minimum absolute atomic E-state index is 0.260. The Morgan fingerprint density at radius 3 is 2.82 bits per heavy atom. The van der Waals surface area contributed by atoms with Crippen molar-refractivity contribution in [2.75, 3.05) is 12.4 Å². The Bertz CT molecular complexity index is 388. The van der Waals surface area contributed by atoms with E-state index in [-0.39, 0.29) is 5.28 Å². The maximum Gasteiger partial charge on any atom is 0.228 e. The number of rotatable bonds is 3. The summed E-state index contributed by atoms with van der Waals surface area (Å²) in [5, 5.41) is 4.50. The zero-order valence-electron chi connectivity index (χ0n) is 10.1. The van der Waals surface area contributed by atoms with Crippen molar-refractivity contribution in [2.24, 2.45) is 5.92 Å². The van der Waals surface area contributed by atoms with Crippen molar-refractivity contribution < 1.29 is 0 Å². The van der Waals surface area contributed by atoms with Gasteiger partial charge < -0.3 is 5.32 Å². The average Bonchev–Trinajstić information content (AvgIpc) is 2.28. The summed E-state index contributed by atoms with van der Waals surface area (Å²) < 4.78 is 0. The number of thioether (sulfide) groups is 1. The third-order valence-electron chi connectivity index (χ3n) is 2.97. The number of nitrogens with one attached hydrogen (secondary N) is 1. The molecule has 1 aromatic heterocycles. The van der Waals surface area contributed by atoms with Gasteiger partial charge in [0.05, 0.1) is 0 Å². The lowest BCUT2D eigenvalue weighted by molar-refractivity contribution is 0.394. The van der Waals surface area contributed by atoms with E-state index in [2.05, 4.69) is 27.2 Å². The summed E-state index contributed by atoms with van der Waals surface area (Å²) in [7, 11) is 1.78. The lowest BCUT2D eigenvalue weighted by Crippen LogP contribution is -2.15. The van der Waals surface area contributed by atoms with E-state index in [1.165, 1.54) is 25.7 Å². The second kappa shape index (κ2) is 5.87. The highest BCUT2D eigenvalue weighted by Gasteiger charge is 2.21. The van der Waals surface area contributed by atoms with Crippen molar-refractivity contribution in [3.8, 4) is 0 Å². The molecule has 2 rings (SSSR count). The molecule has 0 amide bonds. The van der Waals surface area contributed by atoms with Gasteiger partial charge in [-0.15, -0.1) is 0 Å². The van der Waals surface area contributed by atoms with Crippen LogP contribution in [-0.2, 0) is 0 Å². The molecule has 1 saturated carbocycles. The van der Waals surface area contributed by atoms with Crippen molar-refractivity contribution in [1.82, 2.24) is 15.0 Å². The van der Waals surface area contributed by atoms with Crippen LogP contribution in [0.15, 0.2) is 5.16 Å². The molecule has 2 atom stereocenters. The molecule has 94 valence electrons. The molecule has 1 N–H and O–H groups in total. The van der Waals surface area contributed by atoms with Crippen LogP contribution < -0.4 is 5.32 Å². The maximum absolute atomic E-state index is 5.86. The summed E-state index contributed by atoms with van der Waals surface area (Å²) in [5.74, 6) is 1.35. The van der Waals surface area contributed by atoms with E-state index in [1.54, 1.807) is 18.8 Å². The maximum atomic E-state index is 5.86. The predicted octanol–water partition coefficient (Wildman–Crippen LogP) is 3.24. The third kappa shape index (κ3) is 3.71. The Morgan fingerprint density at radius 1 is 1.29 bits per heavy atom. The second-order valence-corrected chi connectivity index (χ2v) is 6.08. The molecule has 17 heavy (non-hydrogen) atoms. The molecule has 2 unspecified atom stereocenters. The molecular weight excluding hydrogens is 256 g/mol. The summed E-state index contributed by atoms with van der Waals surface area (Å²) in [4.78, 5) is 12.5. The van der Waals surface area contributed by atoms with Crippen LogP contribution in [-0.4, -0.2) is 27.2 Å². The summed E-state index contributed by atoms with van der Waals surface area (Å²) in [6, 6.07) is 0. The summed E-state index contributed by atoms with van der Waals surface area (Å²) >= 11 is 7.58. The highest BCUT2D eigenvalue weighted by Crippen LogP contribution is 2.35. The normalized spacial score (nSPS) is 24.6. The van der Waals surface area contributed by atoms with E-state index in [4.69, 9.17) is 11.6 Å². The molecular formula is C11H17ClN4S. The van der Waals surface area contributed by atoms with Crippen LogP contribution in [0.1, 0.15) is 32.6 Å². The SMILES string of the molecule is CNc1nc(Cl)nc(SC2CCCC(C)C2)n1. The molecule has 1 heterocycles. The fourth-order valence-corrected chi connectivity index (χ4v) is 3.63. The Balaban J connectivity index is 2.04. The minimum atomic E-state index is 0.260. The first kappa shape index (κ1) is 12.9. The molecule has 0 bridgehead atoms. The van der Waals surface area contributed by atoms with Crippen molar-refractivity contribution in [1.29, 1.82) is 0 Å². The molecule has 0 aliphatic heterocycles. The zero-order valence-corrected chi connectivity index (χ0v) is 11.7. The third-order valence-corrected chi connectivity index (χ3v) is 4.30. The van der Waals surface area contributed by atoms with Gasteiger partial charge in [-0.1, -0.05) is 31.5 Å². The first-order valence-corrected chi connectivity index (χ1v) is 7.19. The van der Waals surface area contributed by atoms with Gasteiger partial charge in [-0.25, -0.2) is 0 Å². The van der Waals surface area contributed by atoms with Gasteiger partial charge in [-0.05, 0) is 30.4 Å². The fraction of sp³-hybridized carbons (Fsp3) is 0.727. The number of hydrogen-bond acceptors (Lipinski definition) is 5. The van der Waals surface area contributed by atoms with E-state index >= 15 is 0 Å². The molecule has 6 heteroatoms. The van der Waals surface area contributed by atoms with Crippen LogP contribution in [0.2, 0.25) is 5.28 Å². The molecule has 1 fully saturated rings. The molecule has 1 aliphatic carbocycles. The van der Waals surface area contributed by atoms with Gasteiger partial charge in [0.2, 0.25) is 11.2 Å². The largest absolute Gasteiger partial charge is 0.357 e. The van der Waals surface area contributed by atoms with E-state index < -0.39 is 0 Å². The van der Waals surface area contributed by atoms with Crippen LogP contribution in [0.3, 0.4) is 0 Å². The van der Waals surface area contributed by atoms with Gasteiger partial charge in [0, 0.05) is 12.3 Å². The lowest BCUT2D eigenvalue weighted by atomic mass is 9.91. The second-order valence-electron chi connectivity index (χ2n) is 4.47. The van der Waals surface area contributed by atoms with Crippen molar-refractivity contribution >= 4 is 29.3 Å². The van der Waals surface area contributed by atoms with Gasteiger partial charge in [-0.3, -0.25) is 0 Å². The molecule has 0 spiro atoms. The van der Waals surface area contributed by atoms with Gasteiger partial charge in [0.25, 0.3) is 0 Å². The Labute approximate surface area is 111 Å². The highest BCUT2D eigenvalue weighted by atomic mass is 35.5. The monoisotopic (exact) mass is 272 g/mol. The van der Waals surface area contributed by atoms with Gasteiger partial charge in [0.15, 0.2) is 5.16 Å². The van der Waals surface area contributed by atoms with Gasteiger partial charge >= 0.3 is 0 Å². The minimum Gasteiger partial charge on any atom is -0.357 e. The highest BCUT2D eigenvalue weighted by molar-refractivity contribution is 7.99. The average molecular weight is 273 g/mol. The quantitative estimate of drug-likeness (QED) is 0.915. The standard InChI is InChI=1S/C11H17ClN4S/c1-7-4-3-5-8(6-7)17-11-15-9(12)14-10(13-2)16-11/h7-8H,3-6H2,1-2H3,(H,13,14,15,16). The lowest BCUT2D eigenvalue weighted by Gasteiger charge is -2.25. The Kier molecular flexibility index (Phi) is 4.45. The first-order valence-electron chi connectivity index (χ1n) is 5.93. The number of halogens is 1. The molecule has 0 radical (unpaired) electrons. The van der Waals surface area contributed by atoms with Crippen molar-refractivity contribution in [3.05, 3.63) is 5.28 Å². The van der Waals surface area contributed by atoms with Crippen molar-refractivity contribution in [3.63, 3.8) is 0 Å². The Hall–Kier alpha value is -0.550. The molecule has 4 nitrogen and oxygen atoms in total. The van der Waals surface area contributed by atoms with Crippen LogP contribution in [0, 0.1) is 5.92 Å². The van der Waals surface area contributed by atoms with Crippen LogP contribution in [0.4, 0.5) is 5.95 Å². The number of aromatic nitrogens is 3. The van der Waals surface area contributed by atoms with E-state index in [9.17, 15) is 0 Å².